The minimum Gasteiger partial charge on any atom is -0.448 e. The van der Waals surface area contributed by atoms with Gasteiger partial charge in [0.25, 0.3) is 0 Å². The third-order valence-electron chi connectivity index (χ3n) is 3.21. The molecule has 0 saturated carbocycles. The monoisotopic (exact) mass is 241 g/mol. The maximum atomic E-state index is 6.16. The van der Waals surface area contributed by atoms with Gasteiger partial charge in [0.05, 0.1) is 11.7 Å². The van der Waals surface area contributed by atoms with Gasteiger partial charge in [-0.3, -0.25) is 0 Å². The third-order valence-corrected chi connectivity index (χ3v) is 3.21. The molecule has 2 aromatic heterocycles. The number of nitrogens with zero attached hydrogens (tertiary/aromatic N) is 1. The second-order valence-corrected chi connectivity index (χ2v) is 4.50. The Labute approximate surface area is 105 Å². The average molecular weight is 241 g/mol. The van der Waals surface area contributed by atoms with E-state index in [2.05, 4.69) is 34.2 Å². The number of nitrogens with one attached hydrogen (secondary N) is 1. The van der Waals surface area contributed by atoms with Gasteiger partial charge in [0.2, 0.25) is 0 Å². The molecule has 18 heavy (non-hydrogen) atoms. The van der Waals surface area contributed by atoms with Crippen LogP contribution in [0.3, 0.4) is 0 Å². The molecule has 0 aliphatic carbocycles. The van der Waals surface area contributed by atoms with E-state index < -0.39 is 0 Å². The molecule has 0 aliphatic heterocycles. The quantitative estimate of drug-likeness (QED) is 0.740. The Kier molecular flexibility index (Phi) is 2.64. The van der Waals surface area contributed by atoms with E-state index >= 15 is 0 Å². The molecule has 0 saturated heterocycles. The lowest BCUT2D eigenvalue weighted by Crippen LogP contribution is -2.14. The van der Waals surface area contributed by atoms with E-state index in [1.807, 2.05) is 13.1 Å². The zero-order chi connectivity index (χ0) is 12.5. The molecule has 3 N–H and O–H groups in total. The zero-order valence-corrected chi connectivity index (χ0v) is 10.2. The molecule has 0 amide bonds. The van der Waals surface area contributed by atoms with Crippen LogP contribution in [-0.2, 0) is 6.42 Å². The Morgan fingerprint density at radius 3 is 3.06 bits per heavy atom. The van der Waals surface area contributed by atoms with Crippen LogP contribution in [0.15, 0.2) is 41.3 Å². The van der Waals surface area contributed by atoms with Gasteiger partial charge in [-0.25, -0.2) is 4.98 Å². The molecule has 0 fully saturated rings. The van der Waals surface area contributed by atoms with Crippen LogP contribution in [0.2, 0.25) is 0 Å². The summed E-state index contributed by atoms with van der Waals surface area (Å²) < 4.78 is 5.19. The summed E-state index contributed by atoms with van der Waals surface area (Å²) in [5, 5.41) is 1.21. The molecule has 92 valence electrons. The molecule has 1 atom stereocenters. The summed E-state index contributed by atoms with van der Waals surface area (Å²) in [6.45, 7) is 1.89. The molecule has 1 unspecified atom stereocenters. The fraction of sp³-hybridized carbons (Fsp3) is 0.214. The van der Waals surface area contributed by atoms with E-state index in [-0.39, 0.29) is 6.04 Å². The highest BCUT2D eigenvalue weighted by atomic mass is 16.3. The Bertz CT molecular complexity index is 668. The van der Waals surface area contributed by atoms with E-state index in [4.69, 9.17) is 10.2 Å². The molecule has 3 rings (SSSR count). The van der Waals surface area contributed by atoms with Crippen LogP contribution in [0, 0.1) is 6.92 Å². The van der Waals surface area contributed by atoms with E-state index in [0.717, 1.165) is 23.4 Å². The summed E-state index contributed by atoms with van der Waals surface area (Å²) in [6, 6.07) is 8.26. The molecule has 4 heteroatoms. The molecule has 4 nitrogen and oxygen atoms in total. The van der Waals surface area contributed by atoms with Crippen molar-refractivity contribution in [3.8, 4) is 0 Å². The molecule has 2 heterocycles. The molecular formula is C14H15N3O. The van der Waals surface area contributed by atoms with Gasteiger partial charge in [-0.2, -0.15) is 0 Å². The minimum atomic E-state index is -0.125. The maximum Gasteiger partial charge on any atom is 0.181 e. The van der Waals surface area contributed by atoms with E-state index in [9.17, 15) is 0 Å². The number of aromatic amines is 1. The number of oxazole rings is 1. The summed E-state index contributed by atoms with van der Waals surface area (Å²) in [7, 11) is 0. The SMILES string of the molecule is Cc1ocnc1C(N)Cc1ccc2[nH]ccc2c1. The fourth-order valence-electron chi connectivity index (χ4n) is 2.25. The number of nitrogens with two attached hydrogens (primary N) is 1. The molecule has 0 aliphatic rings. The van der Waals surface area contributed by atoms with Crippen molar-refractivity contribution >= 4 is 10.9 Å². The molecule has 0 radical (unpaired) electrons. The van der Waals surface area contributed by atoms with Crippen LogP contribution < -0.4 is 5.73 Å². The van der Waals surface area contributed by atoms with Crippen LogP contribution in [0.1, 0.15) is 23.1 Å². The van der Waals surface area contributed by atoms with Crippen molar-refractivity contribution in [2.75, 3.05) is 0 Å². The van der Waals surface area contributed by atoms with Crippen molar-refractivity contribution in [2.24, 2.45) is 5.73 Å². The second kappa shape index (κ2) is 4.31. The number of benzene rings is 1. The number of fused-ring (bicyclic) bond motifs is 1. The summed E-state index contributed by atoms with van der Waals surface area (Å²) in [5.74, 6) is 0.797. The largest absolute Gasteiger partial charge is 0.448 e. The number of hydrogen-bond acceptors (Lipinski definition) is 3. The van der Waals surface area contributed by atoms with Gasteiger partial charge in [0, 0.05) is 11.7 Å². The first kappa shape index (κ1) is 11.0. The van der Waals surface area contributed by atoms with Gasteiger partial charge in [-0.05, 0) is 42.5 Å². The zero-order valence-electron chi connectivity index (χ0n) is 10.2. The molecule has 0 spiro atoms. The van der Waals surface area contributed by atoms with Crippen molar-refractivity contribution in [3.63, 3.8) is 0 Å². The van der Waals surface area contributed by atoms with Crippen LogP contribution in [0.4, 0.5) is 0 Å². The van der Waals surface area contributed by atoms with Gasteiger partial charge in [-0.15, -0.1) is 0 Å². The van der Waals surface area contributed by atoms with Crippen LogP contribution in [0.5, 0.6) is 0 Å². The van der Waals surface area contributed by atoms with Gasteiger partial charge >= 0.3 is 0 Å². The predicted molar refractivity (Wildman–Crippen MR) is 70.2 cm³/mol. The lowest BCUT2D eigenvalue weighted by Gasteiger charge is -2.09. The number of aromatic nitrogens is 2. The van der Waals surface area contributed by atoms with Crippen LogP contribution in [0.25, 0.3) is 10.9 Å². The van der Waals surface area contributed by atoms with E-state index in [0.29, 0.717) is 0 Å². The normalized spacial score (nSPS) is 13.0. The van der Waals surface area contributed by atoms with Crippen molar-refractivity contribution in [1.82, 2.24) is 9.97 Å². The first-order valence-corrected chi connectivity index (χ1v) is 5.95. The molecule has 3 aromatic rings. The van der Waals surface area contributed by atoms with E-state index in [1.54, 1.807) is 0 Å². The maximum absolute atomic E-state index is 6.16. The van der Waals surface area contributed by atoms with Gasteiger partial charge in [-0.1, -0.05) is 6.07 Å². The Morgan fingerprint density at radius 2 is 2.28 bits per heavy atom. The third kappa shape index (κ3) is 1.91. The number of aryl methyl sites for hydroxylation is 1. The van der Waals surface area contributed by atoms with Crippen molar-refractivity contribution < 1.29 is 4.42 Å². The summed E-state index contributed by atoms with van der Waals surface area (Å²) >= 11 is 0. The number of H-pyrrole nitrogens is 1. The number of hydrogen-bond donors (Lipinski definition) is 2. The van der Waals surface area contributed by atoms with Crippen molar-refractivity contribution in [3.05, 3.63) is 53.9 Å². The highest BCUT2D eigenvalue weighted by Gasteiger charge is 2.13. The van der Waals surface area contributed by atoms with Gasteiger partial charge in [0.1, 0.15) is 5.76 Å². The Balaban J connectivity index is 1.85. The molecule has 1 aromatic carbocycles. The second-order valence-electron chi connectivity index (χ2n) is 4.50. The van der Waals surface area contributed by atoms with E-state index in [1.165, 1.54) is 17.3 Å². The highest BCUT2D eigenvalue weighted by Crippen LogP contribution is 2.20. The van der Waals surface area contributed by atoms with Gasteiger partial charge < -0.3 is 15.1 Å². The lowest BCUT2D eigenvalue weighted by molar-refractivity contribution is 0.520. The topological polar surface area (TPSA) is 67.8 Å². The Morgan fingerprint density at radius 1 is 1.39 bits per heavy atom. The first-order valence-electron chi connectivity index (χ1n) is 5.95. The highest BCUT2D eigenvalue weighted by molar-refractivity contribution is 5.79. The lowest BCUT2D eigenvalue weighted by atomic mass is 10.0. The predicted octanol–water partition coefficient (Wildman–Crippen LogP) is 2.71. The van der Waals surface area contributed by atoms with Crippen LogP contribution >= 0.6 is 0 Å². The minimum absolute atomic E-state index is 0.125. The molecular weight excluding hydrogens is 226 g/mol. The van der Waals surface area contributed by atoms with Crippen molar-refractivity contribution in [2.45, 2.75) is 19.4 Å². The summed E-state index contributed by atoms with van der Waals surface area (Å²) in [6.07, 6.45) is 4.14. The fourth-order valence-corrected chi connectivity index (χ4v) is 2.25. The molecule has 0 bridgehead atoms. The van der Waals surface area contributed by atoms with Crippen LogP contribution in [-0.4, -0.2) is 9.97 Å². The van der Waals surface area contributed by atoms with Crippen molar-refractivity contribution in [1.29, 1.82) is 0 Å². The van der Waals surface area contributed by atoms with Gasteiger partial charge in [0.15, 0.2) is 6.39 Å². The summed E-state index contributed by atoms with van der Waals surface area (Å²) in [5.41, 5.74) is 9.35. The Hall–Kier alpha value is -2.07. The average Bonchev–Trinajstić information content (AvgIpc) is 2.96. The summed E-state index contributed by atoms with van der Waals surface area (Å²) in [4.78, 5) is 7.34. The first-order chi connectivity index (χ1) is 8.74. The smallest absolute Gasteiger partial charge is 0.181 e. The standard InChI is InChI=1S/C14H15N3O/c1-9-14(17-8-18-9)12(15)7-10-2-3-13-11(6-10)4-5-16-13/h2-6,8,12,16H,7,15H2,1H3. The number of rotatable bonds is 3.